The molecule has 0 aliphatic carbocycles. The number of hydrogen-bond donors (Lipinski definition) is 2. The van der Waals surface area contributed by atoms with Gasteiger partial charge in [0, 0.05) is 12.6 Å². The van der Waals surface area contributed by atoms with Crippen molar-refractivity contribution in [2.24, 2.45) is 0 Å². The van der Waals surface area contributed by atoms with Crippen LogP contribution in [0.1, 0.15) is 12.8 Å². The van der Waals surface area contributed by atoms with Gasteiger partial charge >= 0.3 is 0 Å². The predicted octanol–water partition coefficient (Wildman–Crippen LogP) is 1.85. The molecule has 1 aromatic heterocycles. The van der Waals surface area contributed by atoms with Crippen molar-refractivity contribution < 1.29 is 8.42 Å². The molecule has 0 saturated carbocycles. The maximum absolute atomic E-state index is 11.9. The van der Waals surface area contributed by atoms with Gasteiger partial charge in [0.2, 0.25) is 10.0 Å². The summed E-state index contributed by atoms with van der Waals surface area (Å²) < 4.78 is 27.3. The molecule has 2 heterocycles. The van der Waals surface area contributed by atoms with E-state index in [0.29, 0.717) is 10.9 Å². The maximum Gasteiger partial charge on any atom is 0.250 e. The summed E-state index contributed by atoms with van der Waals surface area (Å²) in [6.45, 7) is 1.65. The molecule has 0 unspecified atom stereocenters. The van der Waals surface area contributed by atoms with Crippen LogP contribution < -0.4 is 10.0 Å². The number of sulfonamides is 1. The third-order valence-corrected chi connectivity index (χ3v) is 5.68. The van der Waals surface area contributed by atoms with Crippen LogP contribution >= 0.6 is 35.3 Å². The van der Waals surface area contributed by atoms with E-state index in [1.807, 2.05) is 0 Å². The normalized spacial score (nSPS) is 20.9. The van der Waals surface area contributed by atoms with Gasteiger partial charge in [0.25, 0.3) is 0 Å². The van der Waals surface area contributed by atoms with Crippen LogP contribution in [0.2, 0.25) is 4.34 Å². The monoisotopic (exact) mass is 316 g/mol. The van der Waals surface area contributed by atoms with E-state index < -0.39 is 10.0 Å². The second kappa shape index (κ2) is 6.36. The fourth-order valence-corrected chi connectivity index (χ4v) is 4.44. The lowest BCUT2D eigenvalue weighted by Gasteiger charge is -2.23. The van der Waals surface area contributed by atoms with E-state index in [9.17, 15) is 8.42 Å². The Labute approximate surface area is 116 Å². The molecular formula is C9H14Cl2N2O2S2. The standard InChI is InChI=1S/C9H13ClN2O2S2.ClH/c10-8-3-4-9(15-8)16(13,14)12-7-2-1-5-11-6-7;/h3-4,7,11-12H,1-2,5-6H2;1H/t7-;/m0./s1. The van der Waals surface area contributed by atoms with Gasteiger partial charge in [-0.3, -0.25) is 0 Å². The van der Waals surface area contributed by atoms with Gasteiger partial charge in [-0.15, -0.1) is 23.7 Å². The lowest BCUT2D eigenvalue weighted by Crippen LogP contribution is -2.45. The van der Waals surface area contributed by atoms with Crippen LogP contribution in [0.3, 0.4) is 0 Å². The van der Waals surface area contributed by atoms with Gasteiger partial charge in [0.05, 0.1) is 4.34 Å². The molecular weight excluding hydrogens is 303 g/mol. The van der Waals surface area contributed by atoms with E-state index in [0.717, 1.165) is 30.7 Å². The summed E-state index contributed by atoms with van der Waals surface area (Å²) in [5.41, 5.74) is 0. The molecule has 0 radical (unpaired) electrons. The fourth-order valence-electron chi connectivity index (χ4n) is 1.67. The summed E-state index contributed by atoms with van der Waals surface area (Å²) in [5, 5.41) is 3.16. The zero-order valence-corrected chi connectivity index (χ0v) is 12.2. The van der Waals surface area contributed by atoms with Crippen molar-refractivity contribution >= 4 is 45.4 Å². The molecule has 2 rings (SSSR count). The van der Waals surface area contributed by atoms with Gasteiger partial charge < -0.3 is 5.32 Å². The van der Waals surface area contributed by atoms with Crippen molar-refractivity contribution in [2.45, 2.75) is 23.1 Å². The Morgan fingerprint density at radius 2 is 2.24 bits per heavy atom. The van der Waals surface area contributed by atoms with E-state index in [1.54, 1.807) is 6.07 Å². The summed E-state index contributed by atoms with van der Waals surface area (Å²) in [5.74, 6) is 0. The van der Waals surface area contributed by atoms with Crippen molar-refractivity contribution in [1.29, 1.82) is 0 Å². The highest BCUT2D eigenvalue weighted by atomic mass is 35.5. The van der Waals surface area contributed by atoms with Crippen LogP contribution in [0, 0.1) is 0 Å². The highest BCUT2D eigenvalue weighted by molar-refractivity contribution is 7.91. The zero-order chi connectivity index (χ0) is 11.6. The molecule has 1 aliphatic rings. The van der Waals surface area contributed by atoms with Crippen LogP contribution in [0.5, 0.6) is 0 Å². The highest BCUT2D eigenvalue weighted by Gasteiger charge is 2.22. The Morgan fingerprint density at radius 1 is 1.47 bits per heavy atom. The van der Waals surface area contributed by atoms with Gasteiger partial charge in [-0.2, -0.15) is 0 Å². The smallest absolute Gasteiger partial charge is 0.250 e. The predicted molar refractivity (Wildman–Crippen MR) is 72.8 cm³/mol. The van der Waals surface area contributed by atoms with Gasteiger partial charge in [0.1, 0.15) is 4.21 Å². The molecule has 0 spiro atoms. The molecule has 1 aliphatic heterocycles. The van der Waals surface area contributed by atoms with Gasteiger partial charge in [-0.05, 0) is 31.5 Å². The molecule has 1 saturated heterocycles. The van der Waals surface area contributed by atoms with Gasteiger partial charge in [0.15, 0.2) is 0 Å². The van der Waals surface area contributed by atoms with Crippen molar-refractivity contribution in [2.75, 3.05) is 13.1 Å². The largest absolute Gasteiger partial charge is 0.315 e. The molecule has 0 bridgehead atoms. The molecule has 0 aromatic carbocycles. The molecule has 0 amide bonds. The van der Waals surface area contributed by atoms with Crippen LogP contribution in [0.4, 0.5) is 0 Å². The Morgan fingerprint density at radius 3 is 2.76 bits per heavy atom. The van der Waals surface area contributed by atoms with Gasteiger partial charge in [-0.25, -0.2) is 13.1 Å². The van der Waals surface area contributed by atoms with Crippen molar-refractivity contribution in [1.82, 2.24) is 10.0 Å². The van der Waals surface area contributed by atoms with E-state index in [4.69, 9.17) is 11.6 Å². The van der Waals surface area contributed by atoms with E-state index >= 15 is 0 Å². The van der Waals surface area contributed by atoms with Crippen LogP contribution in [-0.2, 0) is 10.0 Å². The first kappa shape index (κ1) is 15.2. The third kappa shape index (κ3) is 4.08. The summed E-state index contributed by atoms with van der Waals surface area (Å²) >= 11 is 6.80. The zero-order valence-electron chi connectivity index (χ0n) is 8.98. The van der Waals surface area contributed by atoms with Crippen LogP contribution in [-0.4, -0.2) is 27.5 Å². The topological polar surface area (TPSA) is 58.2 Å². The number of rotatable bonds is 3. The van der Waals surface area contributed by atoms with Gasteiger partial charge in [-0.1, -0.05) is 11.6 Å². The highest BCUT2D eigenvalue weighted by Crippen LogP contribution is 2.25. The minimum atomic E-state index is -3.40. The summed E-state index contributed by atoms with van der Waals surface area (Å²) in [4.78, 5) is 0. The Balaban J connectivity index is 0.00000144. The molecule has 1 fully saturated rings. The maximum atomic E-state index is 11.9. The summed E-state index contributed by atoms with van der Waals surface area (Å²) in [7, 11) is -3.40. The average Bonchev–Trinajstić information content (AvgIpc) is 2.66. The second-order valence-electron chi connectivity index (χ2n) is 3.72. The molecule has 8 heteroatoms. The van der Waals surface area contributed by atoms with Crippen LogP contribution in [0.25, 0.3) is 0 Å². The summed E-state index contributed by atoms with van der Waals surface area (Å²) in [6.07, 6.45) is 1.88. The molecule has 17 heavy (non-hydrogen) atoms. The molecule has 1 aromatic rings. The van der Waals surface area contributed by atoms with E-state index in [2.05, 4.69) is 10.0 Å². The number of hydrogen-bond acceptors (Lipinski definition) is 4. The van der Waals surface area contributed by atoms with E-state index in [-0.39, 0.29) is 22.7 Å². The summed E-state index contributed by atoms with van der Waals surface area (Å²) in [6, 6.07) is 3.12. The minimum Gasteiger partial charge on any atom is -0.315 e. The van der Waals surface area contributed by atoms with Crippen LogP contribution in [0.15, 0.2) is 16.3 Å². The Bertz CT molecular complexity index is 455. The van der Waals surface area contributed by atoms with Crippen molar-refractivity contribution in [3.05, 3.63) is 16.5 Å². The number of piperidine rings is 1. The third-order valence-electron chi connectivity index (χ3n) is 2.43. The number of nitrogens with one attached hydrogen (secondary N) is 2. The Hall–Kier alpha value is 0.150. The molecule has 2 N–H and O–H groups in total. The SMILES string of the molecule is Cl.O=S(=O)(N[C@H]1CCCNC1)c1ccc(Cl)s1. The first-order valence-corrected chi connectivity index (χ1v) is 7.74. The Kier molecular flexibility index (Phi) is 5.69. The number of halogens is 2. The second-order valence-corrected chi connectivity index (χ2v) is 7.38. The molecule has 4 nitrogen and oxygen atoms in total. The van der Waals surface area contributed by atoms with E-state index in [1.165, 1.54) is 6.07 Å². The first-order chi connectivity index (χ1) is 7.58. The van der Waals surface area contributed by atoms with Crippen molar-refractivity contribution in [3.63, 3.8) is 0 Å². The molecule has 98 valence electrons. The lowest BCUT2D eigenvalue weighted by molar-refractivity contribution is 0.429. The quantitative estimate of drug-likeness (QED) is 0.894. The fraction of sp³-hybridized carbons (Fsp3) is 0.556. The minimum absolute atomic E-state index is 0. The van der Waals surface area contributed by atoms with Crippen molar-refractivity contribution in [3.8, 4) is 0 Å². The average molecular weight is 317 g/mol. The lowest BCUT2D eigenvalue weighted by atomic mass is 10.1. The number of thiophene rings is 1. The first-order valence-electron chi connectivity index (χ1n) is 5.06. The molecule has 1 atom stereocenters.